The minimum Gasteiger partial charge on any atom is -0.481 e. The number of hydrogen-bond acceptors (Lipinski definition) is 8. The van der Waals surface area contributed by atoms with Crippen LogP contribution in [0.3, 0.4) is 0 Å². The van der Waals surface area contributed by atoms with Gasteiger partial charge in [0.15, 0.2) is 17.4 Å². The van der Waals surface area contributed by atoms with Gasteiger partial charge >= 0.3 is 5.97 Å². The summed E-state index contributed by atoms with van der Waals surface area (Å²) in [7, 11) is 0. The van der Waals surface area contributed by atoms with E-state index in [2.05, 4.69) is 36.2 Å². The monoisotopic (exact) mass is 781 g/mol. The van der Waals surface area contributed by atoms with Crippen molar-refractivity contribution in [1.82, 2.24) is 36.2 Å². The third kappa shape index (κ3) is 10.2. The molecule has 0 saturated heterocycles. The number of benzene rings is 4. The molecular weight excluding hydrogens is 745 g/mol. The van der Waals surface area contributed by atoms with Crippen LogP contribution >= 0.6 is 23.2 Å². The Balaban J connectivity index is 1.27. The van der Waals surface area contributed by atoms with Crippen LogP contribution in [0.4, 0.5) is 0 Å². The maximum Gasteiger partial charge on any atom is 0.303 e. The molecule has 4 aromatic carbocycles. The molecule has 2 aromatic heterocycles. The van der Waals surface area contributed by atoms with Crippen LogP contribution in [0.2, 0.25) is 10.0 Å². The molecule has 0 aliphatic rings. The highest BCUT2D eigenvalue weighted by atomic mass is 35.5. The number of fused-ring (bicyclic) bond motifs is 2. The first-order valence-electron chi connectivity index (χ1n) is 17.5. The van der Waals surface area contributed by atoms with E-state index in [-0.39, 0.29) is 55.8 Å². The molecule has 55 heavy (non-hydrogen) atoms. The summed E-state index contributed by atoms with van der Waals surface area (Å²) < 4.78 is 0. The van der Waals surface area contributed by atoms with Crippen LogP contribution in [-0.4, -0.2) is 72.1 Å². The van der Waals surface area contributed by atoms with Crippen LogP contribution < -0.4 is 10.6 Å². The number of hydrogen-bond donors (Lipinski definition) is 5. The summed E-state index contributed by atoms with van der Waals surface area (Å²) in [5.41, 5.74) is 3.15. The van der Waals surface area contributed by atoms with E-state index in [0.717, 1.165) is 21.9 Å². The predicted octanol–water partition coefficient (Wildman–Crippen LogP) is 5.77. The number of H-pyrrole nitrogens is 2. The molecule has 2 heterocycles. The number of tetrazole rings is 1. The Hall–Kier alpha value is -5.92. The lowest BCUT2D eigenvalue weighted by molar-refractivity contribution is -0.138. The number of Topliss-reactive ketones (excluding diaryl/α,β-unsaturated/α-hetero) is 2. The van der Waals surface area contributed by atoms with Crippen LogP contribution in [0.5, 0.6) is 0 Å². The molecule has 3 atom stereocenters. The lowest BCUT2D eigenvalue weighted by Crippen LogP contribution is -2.47. The minimum absolute atomic E-state index is 0.0374. The molecule has 0 bridgehead atoms. The molecule has 5 N–H and O–H groups in total. The van der Waals surface area contributed by atoms with Gasteiger partial charge in [-0.25, -0.2) is 0 Å². The van der Waals surface area contributed by atoms with Gasteiger partial charge in [0, 0.05) is 41.6 Å². The summed E-state index contributed by atoms with van der Waals surface area (Å²) in [4.78, 5) is 70.2. The standard InChI is InChI=1S/C40H37Cl2N7O6/c1-22-6-8-23(9-7-22)16-35(50)31(12-13-38(52)53)44-39(54)27(18-37-46-48-49-47-37)17-36(51)33(15-24-10-11-25-4-2-3-5-26(25)14-24)45-40(55)34-21-29-30(42)19-28(41)20-32(29)43-34/h2-11,14,19-21,27,31,33,43H,12-13,15-18H2,1H3,(H,44,54)(H,45,55)(H,52,53)(H,46,47,48,49)/t27-,31-,33-/m0/s1. The summed E-state index contributed by atoms with van der Waals surface area (Å²) in [5, 5.41) is 32.1. The number of aryl methyl sites for hydroxylation is 1. The molecule has 282 valence electrons. The zero-order valence-corrected chi connectivity index (χ0v) is 31.2. The van der Waals surface area contributed by atoms with Gasteiger partial charge in [-0.1, -0.05) is 101 Å². The van der Waals surface area contributed by atoms with Crippen LogP contribution in [0, 0.1) is 12.8 Å². The number of ketones is 2. The van der Waals surface area contributed by atoms with Crippen LogP contribution in [0.15, 0.2) is 84.9 Å². The number of aromatic nitrogens is 5. The number of amides is 2. The number of rotatable bonds is 17. The Bertz CT molecular complexity index is 2360. The van der Waals surface area contributed by atoms with E-state index in [4.69, 9.17) is 23.2 Å². The van der Waals surface area contributed by atoms with Crippen molar-refractivity contribution in [2.75, 3.05) is 0 Å². The second-order valence-corrected chi connectivity index (χ2v) is 14.3. The summed E-state index contributed by atoms with van der Waals surface area (Å²) in [6.07, 6.45) is -0.993. The van der Waals surface area contributed by atoms with Crippen molar-refractivity contribution >= 4 is 74.2 Å². The van der Waals surface area contributed by atoms with E-state index in [0.29, 0.717) is 26.5 Å². The highest BCUT2D eigenvalue weighted by Crippen LogP contribution is 2.29. The molecule has 2 amide bonds. The number of aliphatic carboxylic acids is 1. The van der Waals surface area contributed by atoms with Gasteiger partial charge in [-0.3, -0.25) is 24.0 Å². The number of carbonyl (C=O) groups excluding carboxylic acids is 4. The van der Waals surface area contributed by atoms with Crippen molar-refractivity contribution in [2.45, 2.75) is 57.5 Å². The first-order valence-corrected chi connectivity index (χ1v) is 18.3. The molecule has 15 heteroatoms. The van der Waals surface area contributed by atoms with Crippen molar-refractivity contribution in [2.24, 2.45) is 5.92 Å². The lowest BCUT2D eigenvalue weighted by atomic mass is 9.90. The van der Waals surface area contributed by atoms with E-state index >= 15 is 0 Å². The number of carbonyl (C=O) groups is 5. The zero-order chi connectivity index (χ0) is 39.1. The van der Waals surface area contributed by atoms with E-state index in [9.17, 15) is 29.1 Å². The smallest absolute Gasteiger partial charge is 0.303 e. The van der Waals surface area contributed by atoms with Crippen LogP contribution in [0.25, 0.3) is 21.7 Å². The van der Waals surface area contributed by atoms with Gasteiger partial charge in [0.25, 0.3) is 5.91 Å². The average molecular weight is 783 g/mol. The molecule has 0 fully saturated rings. The number of carboxylic acids is 1. The van der Waals surface area contributed by atoms with E-state index in [1.807, 2.05) is 61.5 Å². The molecule has 0 aliphatic heterocycles. The van der Waals surface area contributed by atoms with Gasteiger partial charge in [-0.05, 0) is 59.9 Å². The molecule has 0 aliphatic carbocycles. The van der Waals surface area contributed by atoms with E-state index < -0.39 is 41.6 Å². The summed E-state index contributed by atoms with van der Waals surface area (Å²) in [6, 6.07) is 23.3. The zero-order valence-electron chi connectivity index (χ0n) is 29.6. The van der Waals surface area contributed by atoms with Gasteiger partial charge in [-0.15, -0.1) is 10.2 Å². The molecular formula is C40H37Cl2N7O6. The Kier molecular flexibility index (Phi) is 12.3. The van der Waals surface area contributed by atoms with Gasteiger partial charge in [-0.2, -0.15) is 5.21 Å². The first-order chi connectivity index (χ1) is 26.4. The summed E-state index contributed by atoms with van der Waals surface area (Å²) in [6.45, 7) is 1.92. The van der Waals surface area contributed by atoms with Crippen molar-refractivity contribution in [3.05, 3.63) is 123 Å². The second-order valence-electron chi connectivity index (χ2n) is 13.5. The topological polar surface area (TPSA) is 200 Å². The highest BCUT2D eigenvalue weighted by molar-refractivity contribution is 6.38. The van der Waals surface area contributed by atoms with E-state index in [1.165, 1.54) is 0 Å². The summed E-state index contributed by atoms with van der Waals surface area (Å²) in [5.74, 6) is -4.23. The van der Waals surface area contributed by atoms with Crippen molar-refractivity contribution in [3.8, 4) is 0 Å². The van der Waals surface area contributed by atoms with Crippen molar-refractivity contribution in [3.63, 3.8) is 0 Å². The summed E-state index contributed by atoms with van der Waals surface area (Å²) >= 11 is 12.6. The molecule has 6 aromatic rings. The molecule has 0 radical (unpaired) electrons. The fraction of sp³-hybridized carbons (Fsp3) is 0.250. The fourth-order valence-corrected chi connectivity index (χ4v) is 6.95. The maximum atomic E-state index is 14.3. The SMILES string of the molecule is Cc1ccc(CC(=O)[C@H](CCC(=O)O)NC(=O)[C@@H](CC(=O)[C@H](Cc2ccc3ccccc3c2)NC(=O)c2cc3c(Cl)cc(Cl)cc3[nH]2)Cc2nn[nH]n2)cc1. The fourth-order valence-electron chi connectivity index (χ4n) is 6.40. The van der Waals surface area contributed by atoms with Crippen LogP contribution in [-0.2, 0) is 38.4 Å². The largest absolute Gasteiger partial charge is 0.481 e. The molecule has 13 nitrogen and oxygen atoms in total. The van der Waals surface area contributed by atoms with Crippen molar-refractivity contribution in [1.29, 1.82) is 0 Å². The molecule has 0 spiro atoms. The van der Waals surface area contributed by atoms with Gasteiger partial charge in [0.2, 0.25) is 5.91 Å². The van der Waals surface area contributed by atoms with Gasteiger partial charge < -0.3 is 20.7 Å². The Morgan fingerprint density at radius 3 is 2.29 bits per heavy atom. The third-order valence-corrected chi connectivity index (χ3v) is 9.86. The molecule has 6 rings (SSSR count). The number of nitrogens with one attached hydrogen (secondary N) is 4. The second kappa shape index (κ2) is 17.5. The van der Waals surface area contributed by atoms with Crippen LogP contribution in [0.1, 0.15) is 52.3 Å². The van der Waals surface area contributed by atoms with Gasteiger partial charge in [0.1, 0.15) is 5.69 Å². The number of aromatic amines is 2. The lowest BCUT2D eigenvalue weighted by Gasteiger charge is -2.23. The number of halogens is 2. The average Bonchev–Trinajstić information content (AvgIpc) is 3.84. The maximum absolute atomic E-state index is 14.3. The third-order valence-electron chi connectivity index (χ3n) is 9.33. The Morgan fingerprint density at radius 1 is 0.818 bits per heavy atom. The normalized spacial score (nSPS) is 12.9. The Morgan fingerprint density at radius 2 is 1.56 bits per heavy atom. The number of nitrogens with zero attached hydrogens (tertiary/aromatic N) is 3. The molecule has 0 unspecified atom stereocenters. The quantitative estimate of drug-likeness (QED) is 0.0762. The predicted molar refractivity (Wildman–Crippen MR) is 207 cm³/mol. The number of carboxylic acid groups (broad SMARTS) is 1. The van der Waals surface area contributed by atoms with E-state index in [1.54, 1.807) is 30.3 Å². The molecule has 0 saturated carbocycles. The van der Waals surface area contributed by atoms with Crippen molar-refractivity contribution < 1.29 is 29.1 Å². The highest BCUT2D eigenvalue weighted by Gasteiger charge is 2.32. The first kappa shape index (κ1) is 38.8. The van der Waals surface area contributed by atoms with Gasteiger partial charge in [0.05, 0.1) is 23.0 Å². The Labute approximate surface area is 325 Å². The minimum atomic E-state index is -1.15.